The average molecular weight is 320 g/mol. The van der Waals surface area contributed by atoms with Gasteiger partial charge in [-0.1, -0.05) is 15.9 Å². The molecule has 0 bridgehead atoms. The lowest BCUT2D eigenvalue weighted by Crippen LogP contribution is -2.44. The van der Waals surface area contributed by atoms with Crippen LogP contribution in [-0.2, 0) is 0 Å². The summed E-state index contributed by atoms with van der Waals surface area (Å²) < 4.78 is 0.965. The number of fused-ring (bicyclic) bond motifs is 1. The summed E-state index contributed by atoms with van der Waals surface area (Å²) in [5.74, 6) is 1.37. The van der Waals surface area contributed by atoms with Crippen molar-refractivity contribution in [1.82, 2.24) is 5.32 Å². The van der Waals surface area contributed by atoms with Crippen LogP contribution in [0.25, 0.3) is 0 Å². The van der Waals surface area contributed by atoms with E-state index >= 15 is 0 Å². The number of hydrogen-bond acceptors (Lipinski definition) is 3. The van der Waals surface area contributed by atoms with E-state index in [0.29, 0.717) is 11.8 Å². The van der Waals surface area contributed by atoms with Crippen molar-refractivity contribution < 1.29 is 0 Å². The summed E-state index contributed by atoms with van der Waals surface area (Å²) in [5, 5.41) is 12.9. The van der Waals surface area contributed by atoms with Crippen LogP contribution in [0.1, 0.15) is 19.4 Å². The first kappa shape index (κ1) is 13.0. The number of nitrogens with zero attached hydrogens (tertiary/aromatic N) is 2. The molecule has 4 heteroatoms. The van der Waals surface area contributed by atoms with Crippen LogP contribution in [-0.4, -0.2) is 25.2 Å². The molecule has 2 heterocycles. The Balaban J connectivity index is 2.02. The zero-order chi connectivity index (χ0) is 13.6. The Morgan fingerprint density at radius 3 is 2.89 bits per heavy atom. The van der Waals surface area contributed by atoms with Gasteiger partial charge in [0.2, 0.25) is 0 Å². The molecule has 1 aromatic carbocycles. The standard InChI is InChI=1S/C15H18BrN3/c1-15(2)13-8-18-7-11(13)9-19(15)14-4-3-12(16)5-10(14)6-17/h3-5,11,13,18H,7-9H2,1-2H3. The molecule has 19 heavy (non-hydrogen) atoms. The summed E-state index contributed by atoms with van der Waals surface area (Å²) in [6, 6.07) is 8.34. The van der Waals surface area contributed by atoms with Gasteiger partial charge >= 0.3 is 0 Å². The van der Waals surface area contributed by atoms with E-state index in [2.05, 4.69) is 52.1 Å². The molecule has 0 amide bonds. The van der Waals surface area contributed by atoms with E-state index in [0.717, 1.165) is 35.4 Å². The molecular formula is C15H18BrN3. The summed E-state index contributed by atoms with van der Waals surface area (Å²) >= 11 is 3.44. The van der Waals surface area contributed by atoms with Crippen LogP contribution in [0.2, 0.25) is 0 Å². The van der Waals surface area contributed by atoms with Crippen LogP contribution in [0, 0.1) is 23.2 Å². The molecule has 2 atom stereocenters. The van der Waals surface area contributed by atoms with Gasteiger partial charge in [0.05, 0.1) is 11.3 Å². The van der Waals surface area contributed by atoms with Gasteiger partial charge in [-0.3, -0.25) is 0 Å². The topological polar surface area (TPSA) is 39.1 Å². The van der Waals surface area contributed by atoms with Crippen LogP contribution < -0.4 is 10.2 Å². The molecule has 2 fully saturated rings. The third-order valence-electron chi connectivity index (χ3n) is 4.73. The van der Waals surface area contributed by atoms with Crippen molar-refractivity contribution in [2.24, 2.45) is 11.8 Å². The van der Waals surface area contributed by atoms with Crippen LogP contribution in [0.4, 0.5) is 5.69 Å². The van der Waals surface area contributed by atoms with E-state index < -0.39 is 0 Å². The van der Waals surface area contributed by atoms with Gasteiger partial charge in [0.15, 0.2) is 0 Å². The van der Waals surface area contributed by atoms with Crippen molar-refractivity contribution in [3.05, 3.63) is 28.2 Å². The van der Waals surface area contributed by atoms with Crippen LogP contribution >= 0.6 is 15.9 Å². The van der Waals surface area contributed by atoms with E-state index in [1.807, 2.05) is 12.1 Å². The fourth-order valence-corrected chi connectivity index (χ4v) is 4.02. The van der Waals surface area contributed by atoms with Crippen LogP contribution in [0.15, 0.2) is 22.7 Å². The Kier molecular flexibility index (Phi) is 3.07. The predicted molar refractivity (Wildman–Crippen MR) is 80.1 cm³/mol. The Bertz CT molecular complexity index is 547. The predicted octanol–water partition coefficient (Wildman–Crippen LogP) is 2.75. The molecule has 0 radical (unpaired) electrons. The molecule has 3 nitrogen and oxygen atoms in total. The first-order valence-electron chi connectivity index (χ1n) is 6.72. The van der Waals surface area contributed by atoms with Crippen molar-refractivity contribution in [2.45, 2.75) is 19.4 Å². The highest BCUT2D eigenvalue weighted by atomic mass is 79.9. The van der Waals surface area contributed by atoms with Crippen molar-refractivity contribution in [2.75, 3.05) is 24.5 Å². The van der Waals surface area contributed by atoms with E-state index in [4.69, 9.17) is 0 Å². The first-order valence-corrected chi connectivity index (χ1v) is 7.51. The number of benzene rings is 1. The van der Waals surface area contributed by atoms with Crippen LogP contribution in [0.5, 0.6) is 0 Å². The minimum Gasteiger partial charge on any atom is -0.365 e. The van der Waals surface area contributed by atoms with Gasteiger partial charge in [-0.2, -0.15) is 5.26 Å². The first-order chi connectivity index (χ1) is 9.04. The molecule has 0 aromatic heterocycles. The highest BCUT2D eigenvalue weighted by molar-refractivity contribution is 9.10. The van der Waals surface area contributed by atoms with E-state index in [9.17, 15) is 5.26 Å². The van der Waals surface area contributed by atoms with Gasteiger partial charge in [0.25, 0.3) is 0 Å². The van der Waals surface area contributed by atoms with E-state index in [-0.39, 0.29) is 5.54 Å². The van der Waals surface area contributed by atoms with Gasteiger partial charge in [-0.05, 0) is 43.9 Å². The third-order valence-corrected chi connectivity index (χ3v) is 5.22. The summed E-state index contributed by atoms with van der Waals surface area (Å²) in [6.45, 7) is 7.83. The molecule has 2 unspecified atom stereocenters. The maximum absolute atomic E-state index is 9.37. The number of rotatable bonds is 1. The Morgan fingerprint density at radius 2 is 2.21 bits per heavy atom. The maximum Gasteiger partial charge on any atom is 0.101 e. The number of nitrogens with one attached hydrogen (secondary N) is 1. The zero-order valence-corrected chi connectivity index (χ0v) is 12.9. The summed E-state index contributed by atoms with van der Waals surface area (Å²) in [7, 11) is 0. The number of anilines is 1. The molecule has 0 saturated carbocycles. The SMILES string of the molecule is CC1(C)C2CNCC2CN1c1ccc(Br)cc1C#N. The lowest BCUT2D eigenvalue weighted by molar-refractivity contribution is 0.357. The second kappa shape index (κ2) is 4.50. The van der Waals surface area contributed by atoms with Gasteiger partial charge in [0.1, 0.15) is 6.07 Å². The summed E-state index contributed by atoms with van der Waals surface area (Å²) in [5.41, 5.74) is 1.94. The van der Waals surface area contributed by atoms with E-state index in [1.54, 1.807) is 0 Å². The summed E-state index contributed by atoms with van der Waals surface area (Å²) in [4.78, 5) is 2.42. The fourth-order valence-electron chi connectivity index (χ4n) is 3.66. The second-order valence-electron chi connectivity index (χ2n) is 6.06. The second-order valence-corrected chi connectivity index (χ2v) is 6.98. The Morgan fingerprint density at radius 1 is 1.42 bits per heavy atom. The van der Waals surface area contributed by atoms with Gasteiger partial charge in [-0.25, -0.2) is 0 Å². The fraction of sp³-hybridized carbons (Fsp3) is 0.533. The minimum absolute atomic E-state index is 0.105. The quantitative estimate of drug-likeness (QED) is 0.865. The van der Waals surface area contributed by atoms with Crippen LogP contribution in [0.3, 0.4) is 0 Å². The molecule has 2 saturated heterocycles. The molecule has 2 aliphatic rings. The molecule has 1 N–H and O–H groups in total. The Hall–Kier alpha value is -1.05. The summed E-state index contributed by atoms with van der Waals surface area (Å²) in [6.07, 6.45) is 0. The molecule has 2 aliphatic heterocycles. The molecule has 1 aromatic rings. The number of nitriles is 1. The minimum atomic E-state index is 0.105. The third kappa shape index (κ3) is 1.96. The number of halogens is 1. The highest BCUT2D eigenvalue weighted by Gasteiger charge is 2.49. The zero-order valence-electron chi connectivity index (χ0n) is 11.3. The molecule has 100 valence electrons. The molecule has 3 rings (SSSR count). The lowest BCUT2D eigenvalue weighted by Gasteiger charge is -2.37. The smallest absolute Gasteiger partial charge is 0.101 e. The highest BCUT2D eigenvalue weighted by Crippen LogP contribution is 2.44. The van der Waals surface area contributed by atoms with E-state index in [1.165, 1.54) is 0 Å². The van der Waals surface area contributed by atoms with Gasteiger partial charge in [-0.15, -0.1) is 0 Å². The number of hydrogen-bond donors (Lipinski definition) is 1. The van der Waals surface area contributed by atoms with Crippen molar-refractivity contribution in [1.29, 1.82) is 5.26 Å². The van der Waals surface area contributed by atoms with Crippen molar-refractivity contribution >= 4 is 21.6 Å². The molecule has 0 spiro atoms. The molecular weight excluding hydrogens is 302 g/mol. The normalized spacial score (nSPS) is 28.2. The monoisotopic (exact) mass is 319 g/mol. The van der Waals surface area contributed by atoms with Gasteiger partial charge < -0.3 is 10.2 Å². The molecule has 0 aliphatic carbocycles. The Labute approximate surface area is 122 Å². The lowest BCUT2D eigenvalue weighted by atomic mass is 9.84. The maximum atomic E-state index is 9.37. The van der Waals surface area contributed by atoms with Crippen molar-refractivity contribution in [3.63, 3.8) is 0 Å². The largest absolute Gasteiger partial charge is 0.365 e. The average Bonchev–Trinajstić information content (AvgIpc) is 2.92. The van der Waals surface area contributed by atoms with Crippen molar-refractivity contribution in [3.8, 4) is 6.07 Å². The van der Waals surface area contributed by atoms with Gasteiger partial charge in [0, 0.05) is 29.6 Å².